The zero-order valence-electron chi connectivity index (χ0n) is 9.90. The fourth-order valence-electron chi connectivity index (χ4n) is 1.16. The normalized spacial score (nSPS) is 11.3. The summed E-state index contributed by atoms with van der Waals surface area (Å²) < 4.78 is 38.2. The number of carbonyl (C=O) groups excluding carboxylic acids is 1. The molecular formula is C10H14FN3O3S. The maximum atomic E-state index is 12.9. The van der Waals surface area contributed by atoms with Crippen LogP contribution in [-0.2, 0) is 10.0 Å². The number of hydrogen-bond donors (Lipinski definition) is 3. The van der Waals surface area contributed by atoms with E-state index in [4.69, 9.17) is 5.73 Å². The molecule has 0 radical (unpaired) electrons. The van der Waals surface area contributed by atoms with Crippen molar-refractivity contribution in [2.24, 2.45) is 0 Å². The number of nitrogens with two attached hydrogens (primary N) is 1. The van der Waals surface area contributed by atoms with E-state index in [0.717, 1.165) is 18.2 Å². The molecule has 0 heterocycles. The molecule has 0 aliphatic heterocycles. The van der Waals surface area contributed by atoms with Gasteiger partial charge in [0.2, 0.25) is 0 Å². The fourth-order valence-corrected chi connectivity index (χ4v) is 2.11. The van der Waals surface area contributed by atoms with Crippen LogP contribution < -0.4 is 15.8 Å². The van der Waals surface area contributed by atoms with E-state index in [2.05, 4.69) is 5.32 Å². The van der Waals surface area contributed by atoms with Crippen LogP contribution in [-0.4, -0.2) is 20.5 Å². The molecule has 2 amide bonds. The first-order chi connectivity index (χ1) is 8.22. The summed E-state index contributed by atoms with van der Waals surface area (Å²) in [4.78, 5) is 11.0. The van der Waals surface area contributed by atoms with E-state index >= 15 is 0 Å². The number of rotatable bonds is 3. The van der Waals surface area contributed by atoms with Crippen molar-refractivity contribution in [1.82, 2.24) is 10.0 Å². The monoisotopic (exact) mass is 275 g/mol. The van der Waals surface area contributed by atoms with Crippen LogP contribution in [0.2, 0.25) is 0 Å². The summed E-state index contributed by atoms with van der Waals surface area (Å²) in [5, 5.41) is 2.36. The molecule has 1 rings (SSSR count). The molecule has 0 fully saturated rings. The number of amides is 2. The van der Waals surface area contributed by atoms with Gasteiger partial charge in [0.15, 0.2) is 0 Å². The van der Waals surface area contributed by atoms with Crippen LogP contribution in [0.25, 0.3) is 0 Å². The molecule has 0 unspecified atom stereocenters. The summed E-state index contributed by atoms with van der Waals surface area (Å²) in [7, 11) is -4.05. The zero-order chi connectivity index (χ0) is 13.9. The van der Waals surface area contributed by atoms with Crippen LogP contribution in [0.4, 0.5) is 14.9 Å². The Hall–Kier alpha value is -1.83. The summed E-state index contributed by atoms with van der Waals surface area (Å²) in [6.07, 6.45) is 0. The first-order valence-electron chi connectivity index (χ1n) is 5.10. The van der Waals surface area contributed by atoms with E-state index in [9.17, 15) is 17.6 Å². The molecule has 8 heteroatoms. The highest BCUT2D eigenvalue weighted by atomic mass is 32.2. The molecule has 0 bridgehead atoms. The van der Waals surface area contributed by atoms with Crippen molar-refractivity contribution in [3.63, 3.8) is 0 Å². The van der Waals surface area contributed by atoms with E-state index < -0.39 is 21.9 Å². The highest BCUT2D eigenvalue weighted by Gasteiger charge is 2.18. The van der Waals surface area contributed by atoms with Crippen molar-refractivity contribution >= 4 is 21.7 Å². The second-order valence-corrected chi connectivity index (χ2v) is 5.60. The number of halogens is 1. The zero-order valence-corrected chi connectivity index (χ0v) is 10.7. The van der Waals surface area contributed by atoms with Gasteiger partial charge in [0.25, 0.3) is 10.0 Å². The van der Waals surface area contributed by atoms with Gasteiger partial charge in [-0.1, -0.05) is 0 Å². The van der Waals surface area contributed by atoms with Crippen LogP contribution in [0, 0.1) is 5.82 Å². The van der Waals surface area contributed by atoms with Crippen molar-refractivity contribution in [2.75, 3.05) is 5.73 Å². The smallest absolute Gasteiger partial charge is 0.328 e. The minimum absolute atomic E-state index is 0.210. The summed E-state index contributed by atoms with van der Waals surface area (Å²) in [5.74, 6) is -0.722. The van der Waals surface area contributed by atoms with Crippen LogP contribution in [0.5, 0.6) is 0 Å². The lowest BCUT2D eigenvalue weighted by Gasteiger charge is -2.11. The van der Waals surface area contributed by atoms with Crippen LogP contribution in [0.3, 0.4) is 0 Å². The number of benzene rings is 1. The number of urea groups is 1. The molecule has 1 aromatic rings. The molecule has 0 saturated heterocycles. The van der Waals surface area contributed by atoms with Gasteiger partial charge in [-0.3, -0.25) is 0 Å². The maximum Gasteiger partial charge on any atom is 0.328 e. The topological polar surface area (TPSA) is 101 Å². The van der Waals surface area contributed by atoms with Gasteiger partial charge in [-0.25, -0.2) is 22.3 Å². The molecule has 0 saturated carbocycles. The standard InChI is InChI=1S/C10H14FN3O3S/c1-6(2)13-10(15)14-18(16,17)7-3-4-8(11)9(12)5-7/h3-6H,12H2,1-2H3,(H2,13,14,15). The number of carbonyl (C=O) groups is 1. The first-order valence-corrected chi connectivity index (χ1v) is 6.59. The SMILES string of the molecule is CC(C)NC(=O)NS(=O)(=O)c1ccc(F)c(N)c1. The molecule has 1 aromatic carbocycles. The highest BCUT2D eigenvalue weighted by Crippen LogP contribution is 2.16. The Balaban J connectivity index is 2.93. The molecule has 0 aliphatic rings. The van der Waals surface area contributed by atoms with Crippen molar-refractivity contribution in [3.05, 3.63) is 24.0 Å². The lowest BCUT2D eigenvalue weighted by molar-refractivity contribution is 0.243. The summed E-state index contributed by atoms with van der Waals surface area (Å²) in [6, 6.07) is 1.83. The quantitative estimate of drug-likeness (QED) is 0.710. The molecule has 18 heavy (non-hydrogen) atoms. The molecule has 0 atom stereocenters. The molecule has 0 spiro atoms. The Labute approximate surface area is 104 Å². The predicted molar refractivity (Wildman–Crippen MR) is 64.8 cm³/mol. The second kappa shape index (κ2) is 5.21. The van der Waals surface area contributed by atoms with E-state index in [0.29, 0.717) is 0 Å². The van der Waals surface area contributed by atoms with Gasteiger partial charge < -0.3 is 11.1 Å². The second-order valence-electron chi connectivity index (χ2n) is 3.92. The summed E-state index contributed by atoms with van der Waals surface area (Å²) in [6.45, 7) is 3.37. The molecular weight excluding hydrogens is 261 g/mol. The van der Waals surface area contributed by atoms with Crippen LogP contribution in [0.1, 0.15) is 13.8 Å². The lowest BCUT2D eigenvalue weighted by atomic mass is 10.3. The van der Waals surface area contributed by atoms with Gasteiger partial charge in [-0.2, -0.15) is 0 Å². The largest absolute Gasteiger partial charge is 0.396 e. The minimum Gasteiger partial charge on any atom is -0.396 e. The van der Waals surface area contributed by atoms with E-state index in [1.54, 1.807) is 18.6 Å². The van der Waals surface area contributed by atoms with Crippen molar-refractivity contribution in [3.8, 4) is 0 Å². The van der Waals surface area contributed by atoms with Crippen LogP contribution >= 0.6 is 0 Å². The third-order valence-corrected chi connectivity index (χ3v) is 3.25. The number of hydrogen-bond acceptors (Lipinski definition) is 4. The van der Waals surface area contributed by atoms with Gasteiger partial charge >= 0.3 is 6.03 Å². The number of sulfonamides is 1. The molecule has 100 valence electrons. The van der Waals surface area contributed by atoms with E-state index in [1.807, 2.05) is 0 Å². The third kappa shape index (κ3) is 3.59. The molecule has 4 N–H and O–H groups in total. The number of nitrogen functional groups attached to an aromatic ring is 1. The average Bonchev–Trinajstić information content (AvgIpc) is 2.19. The van der Waals surface area contributed by atoms with E-state index in [1.165, 1.54) is 0 Å². The number of anilines is 1. The van der Waals surface area contributed by atoms with Crippen LogP contribution in [0.15, 0.2) is 23.1 Å². The van der Waals surface area contributed by atoms with Gasteiger partial charge in [0.05, 0.1) is 10.6 Å². The van der Waals surface area contributed by atoms with E-state index in [-0.39, 0.29) is 16.6 Å². The van der Waals surface area contributed by atoms with Crippen molar-refractivity contribution in [2.45, 2.75) is 24.8 Å². The average molecular weight is 275 g/mol. The molecule has 0 aliphatic carbocycles. The number of nitrogens with one attached hydrogen (secondary N) is 2. The Bertz CT molecular complexity index is 557. The maximum absolute atomic E-state index is 12.9. The van der Waals surface area contributed by atoms with Crippen molar-refractivity contribution < 1.29 is 17.6 Å². The fraction of sp³-hybridized carbons (Fsp3) is 0.300. The Morgan fingerprint density at radius 2 is 2.00 bits per heavy atom. The molecule has 6 nitrogen and oxygen atoms in total. The third-order valence-electron chi connectivity index (χ3n) is 1.92. The Morgan fingerprint density at radius 3 is 2.50 bits per heavy atom. The van der Waals surface area contributed by atoms with Gasteiger partial charge in [-0.05, 0) is 32.0 Å². The van der Waals surface area contributed by atoms with Gasteiger partial charge in [-0.15, -0.1) is 0 Å². The predicted octanol–water partition coefficient (Wildman–Crippen LogP) is 0.804. The Kier molecular flexibility index (Phi) is 4.12. The van der Waals surface area contributed by atoms with Crippen molar-refractivity contribution in [1.29, 1.82) is 0 Å². The molecule has 0 aromatic heterocycles. The highest BCUT2D eigenvalue weighted by molar-refractivity contribution is 7.90. The van der Waals surface area contributed by atoms with Gasteiger partial charge in [0.1, 0.15) is 5.82 Å². The first kappa shape index (κ1) is 14.2. The summed E-state index contributed by atoms with van der Waals surface area (Å²) >= 11 is 0. The minimum atomic E-state index is -4.05. The summed E-state index contributed by atoms with van der Waals surface area (Å²) in [5.41, 5.74) is 4.96. The lowest BCUT2D eigenvalue weighted by Crippen LogP contribution is -2.42. The Morgan fingerprint density at radius 1 is 1.39 bits per heavy atom. The van der Waals surface area contributed by atoms with Gasteiger partial charge in [0, 0.05) is 6.04 Å².